The zero-order valence-electron chi connectivity index (χ0n) is 76.1. The van der Waals surface area contributed by atoms with Gasteiger partial charge in [0, 0.05) is 39.0 Å². The Morgan fingerprint density at radius 2 is 0.685 bits per heavy atom. The molecule has 28 atom stereocenters. The summed E-state index contributed by atoms with van der Waals surface area (Å²) >= 11 is 0. The molecule has 0 aromatic heterocycles. The number of aliphatic hydroxyl groups excluding tert-OH is 16. The summed E-state index contributed by atoms with van der Waals surface area (Å²) in [4.78, 5) is 64.1. The van der Waals surface area contributed by atoms with Gasteiger partial charge in [0.15, 0.2) is 43.7 Å². The maximum absolute atomic E-state index is 13.5. The van der Waals surface area contributed by atoms with Crippen molar-refractivity contribution in [1.29, 1.82) is 0 Å². The molecule has 0 bridgehead atoms. The molecule has 19 N–H and O–H groups in total. The Balaban J connectivity index is 0.943. The SMILES string of the molecule is CCCCCCCCCCCCCCCCCCCCCCCCCC(=O)N[C@@H](CO[C@H]1O[C@H](COCCCCCCNC(=O)CCCCC(=O)NCCO[C@@H]2O[C@H](CO)[C@@H](O[C@@H]3O[C@H](C(=O)OC)[C@@H](O)[C@H](O[C@@H]4O[C@H](CO)[C@@H](O[C@@H]5O[C@H](C(=O)OC)[C@@H](O)[C@H](O)[C@H]5O)[C@H](O)[C@H]4O)[C@H]3O)[C@H](O)[C@H]2O)[C@H](O)[C@H](O)[C@H]1O)[C@H](O)[C@H](O)CCCCCCCCCCCCCC. The summed E-state index contributed by atoms with van der Waals surface area (Å²) in [6.07, 6.45) is -2.49. The first kappa shape index (κ1) is 114. The van der Waals surface area contributed by atoms with Crippen LogP contribution in [-0.4, -0.2) is 350 Å². The lowest BCUT2D eigenvalue weighted by molar-refractivity contribution is -0.385. The first-order valence-corrected chi connectivity index (χ1v) is 48.1. The van der Waals surface area contributed by atoms with Gasteiger partial charge in [0.2, 0.25) is 17.7 Å². The lowest BCUT2D eigenvalue weighted by atomic mass is 9.95. The normalized spacial score (nSPS) is 30.6. The Morgan fingerprint density at radius 3 is 1.17 bits per heavy atom. The third-order valence-electron chi connectivity index (χ3n) is 24.7. The van der Waals surface area contributed by atoms with Crippen molar-refractivity contribution in [3.63, 3.8) is 0 Å². The minimum absolute atomic E-state index is 0.0503. The van der Waals surface area contributed by atoms with E-state index in [4.69, 9.17) is 56.8 Å². The molecule has 5 aliphatic rings. The van der Waals surface area contributed by atoms with Gasteiger partial charge in [-0.05, 0) is 38.5 Å². The molecular formula is C90H165N3O34. The largest absolute Gasteiger partial charge is 0.467 e. The number of hydrogen-bond donors (Lipinski definition) is 19. The van der Waals surface area contributed by atoms with E-state index in [1.807, 2.05) is 0 Å². The molecule has 0 aromatic carbocycles. The molecule has 37 heteroatoms. The van der Waals surface area contributed by atoms with Crippen LogP contribution in [0, 0.1) is 0 Å². The fourth-order valence-electron chi connectivity index (χ4n) is 16.7. The Bertz CT molecular complexity index is 2850. The van der Waals surface area contributed by atoms with Crippen LogP contribution in [0.4, 0.5) is 0 Å². The molecule has 5 rings (SSSR count). The highest BCUT2D eigenvalue weighted by atomic mass is 16.8. The zero-order chi connectivity index (χ0) is 92.8. The van der Waals surface area contributed by atoms with Crippen molar-refractivity contribution in [3.05, 3.63) is 0 Å². The second-order valence-electron chi connectivity index (χ2n) is 35.1. The van der Waals surface area contributed by atoms with Crippen molar-refractivity contribution in [1.82, 2.24) is 16.0 Å². The predicted octanol–water partition coefficient (Wildman–Crippen LogP) is 3.51. The van der Waals surface area contributed by atoms with Gasteiger partial charge >= 0.3 is 11.9 Å². The van der Waals surface area contributed by atoms with Gasteiger partial charge in [0.1, 0.15) is 116 Å². The third kappa shape index (κ3) is 41.6. The number of rotatable bonds is 71. The minimum Gasteiger partial charge on any atom is -0.467 e. The molecule has 5 fully saturated rings. The highest BCUT2D eigenvalue weighted by molar-refractivity contribution is 5.78. The molecule has 0 spiro atoms. The van der Waals surface area contributed by atoms with Crippen molar-refractivity contribution >= 4 is 29.7 Å². The first-order valence-electron chi connectivity index (χ1n) is 48.1. The number of hydrogen-bond acceptors (Lipinski definition) is 34. The Labute approximate surface area is 751 Å². The maximum Gasteiger partial charge on any atom is 0.337 e. The highest BCUT2D eigenvalue weighted by Crippen LogP contribution is 2.36. The minimum atomic E-state index is -2.23. The van der Waals surface area contributed by atoms with Gasteiger partial charge in [0.25, 0.3) is 0 Å². The van der Waals surface area contributed by atoms with Gasteiger partial charge < -0.3 is 159 Å². The zero-order valence-corrected chi connectivity index (χ0v) is 76.1. The molecule has 0 aromatic rings. The number of unbranched alkanes of at least 4 members (excludes halogenated alkanes) is 37. The Kier molecular flexibility index (Phi) is 59.7. The number of ether oxygens (including phenoxy) is 13. The summed E-state index contributed by atoms with van der Waals surface area (Å²) in [5.41, 5.74) is 0. The summed E-state index contributed by atoms with van der Waals surface area (Å²) in [6, 6.07) is -1.07. The quantitative estimate of drug-likeness (QED) is 0.0306. The van der Waals surface area contributed by atoms with Gasteiger partial charge in [-0.2, -0.15) is 0 Å². The van der Waals surface area contributed by atoms with E-state index in [1.165, 1.54) is 173 Å². The molecule has 3 amide bonds. The second-order valence-corrected chi connectivity index (χ2v) is 35.1. The van der Waals surface area contributed by atoms with E-state index >= 15 is 0 Å². The number of nitrogens with one attached hydrogen (secondary N) is 3. The molecule has 0 radical (unpaired) electrons. The van der Waals surface area contributed by atoms with E-state index in [2.05, 4.69) is 34.5 Å². The van der Waals surface area contributed by atoms with Crippen LogP contribution in [0.2, 0.25) is 0 Å². The van der Waals surface area contributed by atoms with Crippen molar-refractivity contribution in [3.8, 4) is 0 Å². The molecule has 127 heavy (non-hydrogen) atoms. The second kappa shape index (κ2) is 66.6. The highest BCUT2D eigenvalue weighted by Gasteiger charge is 2.58. The molecule has 0 aliphatic carbocycles. The van der Waals surface area contributed by atoms with Gasteiger partial charge in [-0.1, -0.05) is 245 Å². The lowest BCUT2D eigenvalue weighted by Gasteiger charge is -2.48. The first-order chi connectivity index (χ1) is 61.3. The summed E-state index contributed by atoms with van der Waals surface area (Å²) in [5.74, 6) is -3.34. The Hall–Kier alpha value is -3.73. The van der Waals surface area contributed by atoms with Gasteiger partial charge in [0.05, 0.1) is 59.4 Å². The van der Waals surface area contributed by atoms with E-state index in [-0.39, 0.29) is 70.0 Å². The van der Waals surface area contributed by atoms with Crippen molar-refractivity contribution < 1.29 is 167 Å². The molecule has 744 valence electrons. The van der Waals surface area contributed by atoms with Crippen LogP contribution in [-0.2, 0) is 85.6 Å². The average molecular weight is 1830 g/mol. The van der Waals surface area contributed by atoms with E-state index in [9.17, 15) is 106 Å². The fraction of sp³-hybridized carbons (Fsp3) is 0.944. The maximum atomic E-state index is 13.5. The fourth-order valence-corrected chi connectivity index (χ4v) is 16.7. The van der Waals surface area contributed by atoms with Gasteiger partial charge in [-0.3, -0.25) is 14.4 Å². The molecule has 5 heterocycles. The van der Waals surface area contributed by atoms with Crippen LogP contribution in [0.25, 0.3) is 0 Å². The van der Waals surface area contributed by atoms with E-state index in [0.29, 0.717) is 51.5 Å². The molecular weight excluding hydrogens is 1670 g/mol. The number of esters is 2. The van der Waals surface area contributed by atoms with Gasteiger partial charge in [-0.15, -0.1) is 0 Å². The number of carbonyl (C=O) groups excluding carboxylic acids is 5. The summed E-state index contributed by atoms with van der Waals surface area (Å²) < 4.78 is 72.0. The summed E-state index contributed by atoms with van der Waals surface area (Å²) in [6.45, 7) is 2.31. The van der Waals surface area contributed by atoms with E-state index in [1.54, 1.807) is 0 Å². The molecule has 5 aliphatic heterocycles. The molecule has 0 saturated carbocycles. The van der Waals surface area contributed by atoms with Crippen molar-refractivity contribution in [2.45, 2.75) is 475 Å². The summed E-state index contributed by atoms with van der Waals surface area (Å²) in [7, 11) is 1.86. The van der Waals surface area contributed by atoms with Crippen molar-refractivity contribution in [2.75, 3.05) is 67.0 Å². The van der Waals surface area contributed by atoms with Crippen molar-refractivity contribution in [2.24, 2.45) is 0 Å². The van der Waals surface area contributed by atoms with Crippen LogP contribution >= 0.6 is 0 Å². The predicted molar refractivity (Wildman–Crippen MR) is 460 cm³/mol. The van der Waals surface area contributed by atoms with Gasteiger partial charge in [-0.25, -0.2) is 9.59 Å². The van der Waals surface area contributed by atoms with E-state index in [0.717, 1.165) is 65.6 Å². The van der Waals surface area contributed by atoms with Crippen LogP contribution in [0.15, 0.2) is 0 Å². The monoisotopic (exact) mass is 1830 g/mol. The number of methoxy groups -OCH3 is 2. The molecule has 37 nitrogen and oxygen atoms in total. The smallest absolute Gasteiger partial charge is 0.337 e. The van der Waals surface area contributed by atoms with Crippen LogP contribution in [0.1, 0.15) is 303 Å². The third-order valence-corrected chi connectivity index (χ3v) is 24.7. The standard InChI is InChI=1S/C90H165N3O34/c1-5-7-9-11-13-15-17-19-20-21-22-23-24-25-26-27-28-29-31-33-35-37-41-49-65(99)93-58(66(100)59(96)46-40-36-34-32-30-18-16-14-12-10-8-6-2)56-119-87-73(107)68(102)67(101)62(122-87)57-117-52-45-39-38-44-50-91-63(97)47-42-43-48-64(98)92-51-53-118-86-75(109)71(105)79(60(54-94)120-86)124-90-78(112)81(77(111)83(127-90)85(114)116-4)125-88-76(110)72(106)80(61(55-95)121-88)123-89-74(108)69(103)70(104)82(126-89)84(113)115-3/h58-62,66-83,86-90,94-96,100-112H,5-57H2,1-4H3,(H,91,97)(H,92,98)(H,93,99)/t58-,59+,60+,61+,62+,66-,67-,68-,69-,70-,71+,72+,73+,74+,75+,76+,77-,78+,79+,80+,81-,82-,83-,86+,87-,88-,89+,90+/m0/s1. The number of carbonyl (C=O) groups is 5. The van der Waals surface area contributed by atoms with E-state index < -0.39 is 197 Å². The van der Waals surface area contributed by atoms with Crippen LogP contribution in [0.5, 0.6) is 0 Å². The lowest BCUT2D eigenvalue weighted by Crippen LogP contribution is -2.68. The molecule has 5 saturated heterocycles. The topological polar surface area (TPSA) is 565 Å². The van der Waals surface area contributed by atoms with Crippen LogP contribution < -0.4 is 16.0 Å². The average Bonchev–Trinajstić information content (AvgIpc) is 0.766. The number of amides is 3. The Morgan fingerprint density at radius 1 is 0.331 bits per heavy atom. The summed E-state index contributed by atoms with van der Waals surface area (Å²) in [5, 5.41) is 184. The number of aliphatic hydroxyl groups is 16. The molecule has 0 unspecified atom stereocenters. The van der Waals surface area contributed by atoms with Crippen LogP contribution in [0.3, 0.4) is 0 Å².